The van der Waals surface area contributed by atoms with Crippen LogP contribution in [0.15, 0.2) is 24.5 Å². The maximum Gasteiger partial charge on any atom is 0.358 e. The van der Waals surface area contributed by atoms with E-state index >= 15 is 0 Å². The molecule has 1 N–H and O–H groups in total. The number of amides is 1. The van der Waals surface area contributed by atoms with Crippen molar-refractivity contribution in [1.29, 1.82) is 0 Å². The number of ether oxygens (including phenoxy) is 1. The number of rotatable bonds is 2. The number of phenols is 1. The molecule has 0 bridgehead atoms. The lowest BCUT2D eigenvalue weighted by atomic mass is 10.1. The summed E-state index contributed by atoms with van der Waals surface area (Å²) >= 11 is 0. The molecule has 7 heteroatoms. The van der Waals surface area contributed by atoms with Gasteiger partial charge in [0.2, 0.25) is 0 Å². The minimum absolute atomic E-state index is 0.0356. The number of hydrogen-bond acceptors (Lipinski definition) is 5. The van der Waals surface area contributed by atoms with Crippen molar-refractivity contribution in [3.63, 3.8) is 0 Å². The molecule has 0 saturated carbocycles. The zero-order valence-electron chi connectivity index (χ0n) is 12.2. The largest absolute Gasteiger partial charge is 0.508 e. The Hall–Kier alpha value is -2.83. The Morgan fingerprint density at radius 2 is 2.23 bits per heavy atom. The van der Waals surface area contributed by atoms with Crippen molar-refractivity contribution >= 4 is 11.9 Å². The third-order valence-electron chi connectivity index (χ3n) is 3.54. The molecule has 22 heavy (non-hydrogen) atoms. The summed E-state index contributed by atoms with van der Waals surface area (Å²) in [6.45, 7) is 2.19. The Labute approximate surface area is 126 Å². The van der Waals surface area contributed by atoms with E-state index in [0.29, 0.717) is 16.9 Å². The van der Waals surface area contributed by atoms with E-state index in [4.69, 9.17) is 4.74 Å². The zero-order chi connectivity index (χ0) is 15.9. The van der Waals surface area contributed by atoms with Crippen molar-refractivity contribution in [2.24, 2.45) is 0 Å². The van der Waals surface area contributed by atoms with Crippen molar-refractivity contribution < 1.29 is 19.4 Å². The molecule has 1 aliphatic heterocycles. The van der Waals surface area contributed by atoms with Crippen molar-refractivity contribution in [2.75, 3.05) is 13.7 Å². The Balaban J connectivity index is 2.21. The summed E-state index contributed by atoms with van der Waals surface area (Å²) in [4.78, 5) is 30.0. The molecule has 0 spiro atoms. The fraction of sp³-hybridized carbons (Fsp3) is 0.267. The number of phenolic OH excluding ortho intramolecular Hbond substituents is 1. The molecule has 1 aromatic heterocycles. The molecule has 0 atom stereocenters. The van der Waals surface area contributed by atoms with Crippen LogP contribution in [0.1, 0.15) is 33.5 Å². The van der Waals surface area contributed by atoms with E-state index in [0.717, 1.165) is 0 Å². The van der Waals surface area contributed by atoms with E-state index in [1.165, 1.54) is 23.4 Å². The van der Waals surface area contributed by atoms with Crippen LogP contribution in [-0.2, 0) is 11.3 Å². The lowest BCUT2D eigenvalue weighted by Crippen LogP contribution is -2.25. The van der Waals surface area contributed by atoms with Crippen LogP contribution >= 0.6 is 0 Å². The predicted octanol–water partition coefficient (Wildman–Crippen LogP) is 1.34. The van der Waals surface area contributed by atoms with E-state index in [9.17, 15) is 14.7 Å². The average Bonchev–Trinajstić information content (AvgIpc) is 2.86. The second-order valence-electron chi connectivity index (χ2n) is 4.99. The first-order chi connectivity index (χ1) is 10.5. The smallest absolute Gasteiger partial charge is 0.358 e. The molecule has 1 aliphatic rings. The highest BCUT2D eigenvalue weighted by Crippen LogP contribution is 2.28. The van der Waals surface area contributed by atoms with Crippen LogP contribution in [0.4, 0.5) is 0 Å². The van der Waals surface area contributed by atoms with Gasteiger partial charge >= 0.3 is 5.97 Å². The monoisotopic (exact) mass is 301 g/mol. The molecule has 114 valence electrons. The fourth-order valence-corrected chi connectivity index (χ4v) is 2.50. The molecule has 0 fully saturated rings. The lowest BCUT2D eigenvalue weighted by molar-refractivity contribution is 0.0516. The van der Waals surface area contributed by atoms with Gasteiger partial charge in [0.1, 0.15) is 12.1 Å². The number of fused-ring (bicyclic) bond motifs is 3. The highest BCUT2D eigenvalue weighted by molar-refractivity contribution is 5.99. The third-order valence-corrected chi connectivity index (χ3v) is 3.54. The first kappa shape index (κ1) is 14.1. The molecule has 0 unspecified atom stereocenters. The van der Waals surface area contributed by atoms with E-state index < -0.39 is 5.97 Å². The molecule has 2 aromatic rings. The molecule has 0 radical (unpaired) electrons. The molecule has 0 aliphatic carbocycles. The normalized spacial score (nSPS) is 13.4. The number of aromatic hydroxyl groups is 1. The predicted molar refractivity (Wildman–Crippen MR) is 77.0 cm³/mol. The zero-order valence-corrected chi connectivity index (χ0v) is 12.2. The van der Waals surface area contributed by atoms with Gasteiger partial charge in [0.05, 0.1) is 30.1 Å². The molecule has 3 rings (SSSR count). The molecule has 1 aromatic carbocycles. The first-order valence-corrected chi connectivity index (χ1v) is 6.85. The Morgan fingerprint density at radius 3 is 2.95 bits per heavy atom. The van der Waals surface area contributed by atoms with Crippen molar-refractivity contribution in [2.45, 2.75) is 13.5 Å². The van der Waals surface area contributed by atoms with E-state index in [-0.39, 0.29) is 30.5 Å². The van der Waals surface area contributed by atoms with E-state index in [2.05, 4.69) is 4.98 Å². The number of nitrogens with zero attached hydrogens (tertiary/aromatic N) is 3. The number of hydrogen-bond donors (Lipinski definition) is 1. The summed E-state index contributed by atoms with van der Waals surface area (Å²) in [5.41, 5.74) is 1.66. The summed E-state index contributed by atoms with van der Waals surface area (Å²) < 4.78 is 6.64. The third kappa shape index (κ3) is 2.11. The van der Waals surface area contributed by atoms with Crippen LogP contribution in [0.2, 0.25) is 0 Å². The SMILES string of the molecule is CCOC(=O)c1ncn2c1CN(C)C(=O)c1ccc(O)cc1-2. The van der Waals surface area contributed by atoms with Crippen LogP contribution in [0.3, 0.4) is 0 Å². The van der Waals surface area contributed by atoms with Gasteiger partial charge in [-0.15, -0.1) is 0 Å². The summed E-state index contributed by atoms with van der Waals surface area (Å²) in [6.07, 6.45) is 1.46. The Bertz CT molecular complexity index is 766. The fourth-order valence-electron chi connectivity index (χ4n) is 2.50. The number of esters is 1. The van der Waals surface area contributed by atoms with E-state index in [1.54, 1.807) is 24.6 Å². The highest BCUT2D eigenvalue weighted by Gasteiger charge is 2.29. The topological polar surface area (TPSA) is 84.7 Å². The minimum atomic E-state index is -0.527. The minimum Gasteiger partial charge on any atom is -0.508 e. The molecular weight excluding hydrogens is 286 g/mol. The van der Waals surface area contributed by atoms with Gasteiger partial charge in [0.25, 0.3) is 5.91 Å². The lowest BCUT2D eigenvalue weighted by Gasteiger charge is -2.14. The summed E-state index contributed by atoms with van der Waals surface area (Å²) in [7, 11) is 1.65. The van der Waals surface area contributed by atoms with Gasteiger partial charge in [-0.05, 0) is 19.1 Å². The second-order valence-corrected chi connectivity index (χ2v) is 4.99. The number of benzene rings is 1. The molecule has 7 nitrogen and oxygen atoms in total. The van der Waals surface area contributed by atoms with Gasteiger partial charge in [0.15, 0.2) is 5.69 Å². The number of imidazole rings is 1. The summed E-state index contributed by atoms with van der Waals surface area (Å²) in [5, 5.41) is 9.71. The standard InChI is InChI=1S/C15H15N3O4/c1-3-22-15(21)13-12-7-17(2)14(20)10-5-4-9(19)6-11(10)18(12)8-16-13/h4-6,8,19H,3,7H2,1-2H3. The highest BCUT2D eigenvalue weighted by atomic mass is 16.5. The maximum atomic E-state index is 12.4. The molecular formula is C15H15N3O4. The van der Waals surface area contributed by atoms with Crippen LogP contribution in [0.5, 0.6) is 5.75 Å². The first-order valence-electron chi connectivity index (χ1n) is 6.85. The van der Waals surface area contributed by atoms with Crippen molar-refractivity contribution in [3.05, 3.63) is 41.5 Å². The van der Waals surface area contributed by atoms with Crippen LogP contribution in [0.25, 0.3) is 5.69 Å². The van der Waals surface area contributed by atoms with Crippen LogP contribution in [0, 0.1) is 0 Å². The molecule has 2 heterocycles. The van der Waals surface area contributed by atoms with Crippen molar-refractivity contribution in [1.82, 2.24) is 14.5 Å². The molecule has 1 amide bonds. The van der Waals surface area contributed by atoms with Gasteiger partial charge in [-0.25, -0.2) is 9.78 Å². The number of carbonyl (C=O) groups excluding carboxylic acids is 2. The second kappa shape index (κ2) is 5.18. The summed E-state index contributed by atoms with van der Waals surface area (Å²) in [6, 6.07) is 4.49. The number of aromatic nitrogens is 2. The van der Waals surface area contributed by atoms with Gasteiger partial charge in [0, 0.05) is 13.1 Å². The number of carbonyl (C=O) groups is 2. The van der Waals surface area contributed by atoms with Gasteiger partial charge in [-0.3, -0.25) is 9.36 Å². The Kier molecular flexibility index (Phi) is 3.32. The summed E-state index contributed by atoms with van der Waals surface area (Å²) in [5.74, 6) is -0.678. The van der Waals surface area contributed by atoms with Crippen molar-refractivity contribution in [3.8, 4) is 11.4 Å². The van der Waals surface area contributed by atoms with Gasteiger partial charge in [-0.2, -0.15) is 0 Å². The maximum absolute atomic E-state index is 12.4. The quantitative estimate of drug-likeness (QED) is 0.846. The van der Waals surface area contributed by atoms with Gasteiger partial charge < -0.3 is 14.7 Å². The van der Waals surface area contributed by atoms with Crippen LogP contribution in [-0.4, -0.2) is 45.1 Å². The average molecular weight is 301 g/mol. The van der Waals surface area contributed by atoms with Gasteiger partial charge in [-0.1, -0.05) is 0 Å². The van der Waals surface area contributed by atoms with Crippen LogP contribution < -0.4 is 0 Å². The Morgan fingerprint density at radius 1 is 1.45 bits per heavy atom. The molecule has 0 saturated heterocycles. The van der Waals surface area contributed by atoms with E-state index in [1.807, 2.05) is 0 Å².